The molecular formula is C24H27BrN4OS. The molecular weight excluding hydrogens is 472 g/mol. The molecule has 0 saturated carbocycles. The van der Waals surface area contributed by atoms with Crippen molar-refractivity contribution in [2.75, 3.05) is 27.2 Å². The van der Waals surface area contributed by atoms with Crippen LogP contribution in [0.2, 0.25) is 0 Å². The summed E-state index contributed by atoms with van der Waals surface area (Å²) < 4.78 is 7.45. The number of benzene rings is 1. The van der Waals surface area contributed by atoms with Crippen LogP contribution in [0.5, 0.6) is 0 Å². The molecule has 3 aromatic rings. The van der Waals surface area contributed by atoms with Crippen LogP contribution >= 0.6 is 28.1 Å². The van der Waals surface area contributed by atoms with E-state index in [4.69, 9.17) is 16.6 Å². The van der Waals surface area contributed by atoms with Crippen molar-refractivity contribution in [2.45, 2.75) is 25.4 Å². The number of rotatable bonds is 7. The molecule has 1 fully saturated rings. The molecule has 1 aliphatic heterocycles. The number of nitrogens with one attached hydrogen (secondary N) is 1. The highest BCUT2D eigenvalue weighted by atomic mass is 79.9. The largest absolute Gasteiger partial charge is 0.459 e. The maximum Gasteiger partial charge on any atom is 0.170 e. The van der Waals surface area contributed by atoms with Gasteiger partial charge in [0.1, 0.15) is 17.6 Å². The van der Waals surface area contributed by atoms with Crippen LogP contribution in [0.15, 0.2) is 63.6 Å². The van der Waals surface area contributed by atoms with Crippen molar-refractivity contribution >= 4 is 33.3 Å². The van der Waals surface area contributed by atoms with E-state index in [0.29, 0.717) is 0 Å². The summed E-state index contributed by atoms with van der Waals surface area (Å²) in [6.07, 6.45) is 2.83. The predicted octanol–water partition coefficient (Wildman–Crippen LogP) is 5.34. The Morgan fingerprint density at radius 1 is 1.19 bits per heavy atom. The Labute approximate surface area is 197 Å². The lowest BCUT2D eigenvalue weighted by molar-refractivity contribution is 0.261. The highest BCUT2D eigenvalue weighted by Gasteiger charge is 2.41. The fourth-order valence-electron chi connectivity index (χ4n) is 3.99. The number of aromatic nitrogens is 1. The smallest absolute Gasteiger partial charge is 0.170 e. The zero-order valence-corrected chi connectivity index (χ0v) is 20.4. The molecule has 0 radical (unpaired) electrons. The van der Waals surface area contributed by atoms with Gasteiger partial charge in [0.15, 0.2) is 5.11 Å². The van der Waals surface area contributed by atoms with E-state index in [2.05, 4.69) is 81.3 Å². The van der Waals surface area contributed by atoms with Gasteiger partial charge < -0.3 is 19.5 Å². The van der Waals surface area contributed by atoms with E-state index in [-0.39, 0.29) is 12.1 Å². The number of furan rings is 1. The third kappa shape index (κ3) is 4.84. The molecule has 31 heavy (non-hydrogen) atoms. The first-order chi connectivity index (χ1) is 14.9. The summed E-state index contributed by atoms with van der Waals surface area (Å²) in [6, 6.07) is 16.3. The van der Waals surface area contributed by atoms with Crippen molar-refractivity contribution in [3.05, 3.63) is 76.2 Å². The molecule has 0 amide bonds. The predicted molar refractivity (Wildman–Crippen MR) is 132 cm³/mol. The Kier molecular flexibility index (Phi) is 6.74. The first-order valence-corrected chi connectivity index (χ1v) is 11.6. The monoisotopic (exact) mass is 498 g/mol. The third-order valence-electron chi connectivity index (χ3n) is 5.51. The van der Waals surface area contributed by atoms with Crippen molar-refractivity contribution in [2.24, 2.45) is 0 Å². The van der Waals surface area contributed by atoms with Crippen molar-refractivity contribution in [3.63, 3.8) is 0 Å². The molecule has 1 aliphatic rings. The van der Waals surface area contributed by atoms with E-state index in [1.807, 2.05) is 30.5 Å². The molecule has 7 heteroatoms. The van der Waals surface area contributed by atoms with Crippen molar-refractivity contribution in [1.82, 2.24) is 20.1 Å². The topological polar surface area (TPSA) is 44.5 Å². The van der Waals surface area contributed by atoms with Crippen molar-refractivity contribution in [3.8, 4) is 11.3 Å². The van der Waals surface area contributed by atoms with Gasteiger partial charge in [0.05, 0.1) is 11.7 Å². The third-order valence-corrected chi connectivity index (χ3v) is 6.52. The van der Waals surface area contributed by atoms with Crippen LogP contribution in [0.25, 0.3) is 11.3 Å². The lowest BCUT2D eigenvalue weighted by Crippen LogP contribution is -2.32. The van der Waals surface area contributed by atoms with Crippen LogP contribution in [0.3, 0.4) is 0 Å². The fourth-order valence-corrected chi connectivity index (χ4v) is 5.01. The second-order valence-electron chi connectivity index (χ2n) is 8.16. The van der Waals surface area contributed by atoms with Crippen molar-refractivity contribution in [1.29, 1.82) is 0 Å². The van der Waals surface area contributed by atoms with Gasteiger partial charge in [0, 0.05) is 22.8 Å². The van der Waals surface area contributed by atoms with Gasteiger partial charge in [-0.15, -0.1) is 0 Å². The summed E-state index contributed by atoms with van der Waals surface area (Å²) in [5, 5.41) is 4.23. The Balaban J connectivity index is 1.68. The highest BCUT2D eigenvalue weighted by Crippen LogP contribution is 2.41. The molecule has 2 aromatic heterocycles. The average Bonchev–Trinajstić information content (AvgIpc) is 3.33. The molecule has 3 heterocycles. The summed E-state index contributed by atoms with van der Waals surface area (Å²) in [4.78, 5) is 9.03. The number of aryl methyl sites for hydroxylation is 1. The Hall–Kier alpha value is -2.22. The molecule has 162 valence electrons. The van der Waals surface area contributed by atoms with Gasteiger partial charge in [-0.05, 0) is 88.2 Å². The van der Waals surface area contributed by atoms with Gasteiger partial charge >= 0.3 is 0 Å². The number of hydrogen-bond acceptors (Lipinski definition) is 4. The van der Waals surface area contributed by atoms with Gasteiger partial charge in [0.25, 0.3) is 0 Å². The summed E-state index contributed by atoms with van der Waals surface area (Å²) in [5.41, 5.74) is 3.20. The Morgan fingerprint density at radius 3 is 2.74 bits per heavy atom. The highest BCUT2D eigenvalue weighted by molar-refractivity contribution is 9.10. The maximum atomic E-state index is 6.42. The number of pyridine rings is 1. The quantitative estimate of drug-likeness (QED) is 0.443. The van der Waals surface area contributed by atoms with Crippen LogP contribution in [0, 0.1) is 6.92 Å². The van der Waals surface area contributed by atoms with E-state index < -0.39 is 0 Å². The zero-order valence-electron chi connectivity index (χ0n) is 18.0. The molecule has 0 unspecified atom stereocenters. The normalized spacial score (nSPS) is 18.6. The van der Waals surface area contributed by atoms with Gasteiger partial charge in [0.2, 0.25) is 0 Å². The standard InChI is InChI=1S/C24H27BrN4OS/c1-16-8-9-17(18(25)15-16)20-10-11-21(30-20)23-22(19-7-4-5-12-26-19)27-24(31)29(23)14-6-13-28(2)3/h4-5,7-12,15,22-23H,6,13-14H2,1-3H3,(H,27,31)/t22-,23+/m0/s1. The Bertz CT molecular complexity index is 1050. The summed E-state index contributed by atoms with van der Waals surface area (Å²) in [6.45, 7) is 3.93. The molecule has 0 aliphatic carbocycles. The fraction of sp³-hybridized carbons (Fsp3) is 0.333. The van der Waals surface area contributed by atoms with Crippen LogP contribution in [-0.4, -0.2) is 47.1 Å². The summed E-state index contributed by atoms with van der Waals surface area (Å²) in [5.74, 6) is 1.73. The molecule has 4 rings (SSSR count). The van der Waals surface area contributed by atoms with E-state index in [1.54, 1.807) is 0 Å². The van der Waals surface area contributed by atoms with Crippen LogP contribution < -0.4 is 5.32 Å². The lowest BCUT2D eigenvalue weighted by atomic mass is 10.0. The molecule has 2 atom stereocenters. The molecule has 1 saturated heterocycles. The van der Waals surface area contributed by atoms with E-state index in [0.717, 1.165) is 51.9 Å². The number of thiocarbonyl (C=S) groups is 1. The van der Waals surface area contributed by atoms with Gasteiger partial charge in [-0.3, -0.25) is 4.98 Å². The van der Waals surface area contributed by atoms with E-state index in [1.165, 1.54) is 5.56 Å². The molecule has 5 nitrogen and oxygen atoms in total. The van der Waals surface area contributed by atoms with Gasteiger partial charge in [-0.1, -0.05) is 28.1 Å². The average molecular weight is 499 g/mol. The second-order valence-corrected chi connectivity index (χ2v) is 9.40. The molecule has 1 N–H and O–H groups in total. The maximum absolute atomic E-state index is 6.42. The number of nitrogens with zero attached hydrogens (tertiary/aromatic N) is 3. The molecule has 1 aromatic carbocycles. The van der Waals surface area contributed by atoms with Crippen molar-refractivity contribution < 1.29 is 4.42 Å². The number of hydrogen-bond donors (Lipinski definition) is 1. The molecule has 0 spiro atoms. The Morgan fingerprint density at radius 2 is 2.03 bits per heavy atom. The molecule has 0 bridgehead atoms. The van der Waals surface area contributed by atoms with E-state index >= 15 is 0 Å². The lowest BCUT2D eigenvalue weighted by Gasteiger charge is -2.26. The first-order valence-electron chi connectivity index (χ1n) is 10.4. The zero-order chi connectivity index (χ0) is 22.0. The van der Waals surface area contributed by atoms with Gasteiger partial charge in [-0.2, -0.15) is 0 Å². The minimum atomic E-state index is -0.0616. The number of halogens is 1. The summed E-state index contributed by atoms with van der Waals surface area (Å²) >= 11 is 9.41. The first kappa shape index (κ1) is 22.0. The van der Waals surface area contributed by atoms with Crippen LogP contribution in [0.1, 0.15) is 35.5 Å². The summed E-state index contributed by atoms with van der Waals surface area (Å²) in [7, 11) is 4.18. The van der Waals surface area contributed by atoms with E-state index in [9.17, 15) is 0 Å². The SMILES string of the molecule is Cc1ccc(-c2ccc([C@@H]3[C@H](c4ccccn4)NC(=S)N3CCCN(C)C)o2)c(Br)c1. The van der Waals surface area contributed by atoms with Crippen LogP contribution in [-0.2, 0) is 0 Å². The second kappa shape index (κ2) is 9.51. The van der Waals surface area contributed by atoms with Gasteiger partial charge in [-0.25, -0.2) is 0 Å². The minimum Gasteiger partial charge on any atom is -0.459 e. The van der Waals surface area contributed by atoms with Crippen LogP contribution in [0.4, 0.5) is 0 Å². The minimum absolute atomic E-state index is 0.0532.